The zero-order chi connectivity index (χ0) is 16.8. The molecule has 0 unspecified atom stereocenters. The van der Waals surface area contributed by atoms with Crippen LogP contribution in [0.25, 0.3) is 0 Å². The lowest BCUT2D eigenvalue weighted by Crippen LogP contribution is -2.40. The van der Waals surface area contributed by atoms with E-state index in [9.17, 15) is 4.79 Å². The summed E-state index contributed by atoms with van der Waals surface area (Å²) in [6.45, 7) is 3.58. The maximum absolute atomic E-state index is 13.1. The minimum atomic E-state index is -0.0489. The van der Waals surface area contributed by atoms with Crippen molar-refractivity contribution in [3.8, 4) is 0 Å². The Labute approximate surface area is 151 Å². The van der Waals surface area contributed by atoms with Crippen LogP contribution < -0.4 is 0 Å². The van der Waals surface area contributed by atoms with Crippen LogP contribution in [0.2, 0.25) is 10.0 Å². The number of fused-ring (bicyclic) bond motifs is 2. The highest BCUT2D eigenvalue weighted by atomic mass is 35.5. The summed E-state index contributed by atoms with van der Waals surface area (Å²) in [5, 5.41) is 1.31. The molecule has 0 aliphatic carbocycles. The summed E-state index contributed by atoms with van der Waals surface area (Å²) in [5.74, 6) is 1.07. The first-order valence-corrected chi connectivity index (χ1v) is 9.15. The van der Waals surface area contributed by atoms with Crippen molar-refractivity contribution in [1.29, 1.82) is 0 Å². The molecule has 0 radical (unpaired) electrons. The molecule has 24 heavy (non-hydrogen) atoms. The number of carbonyl (C=O) groups excluding carboxylic acids is 1. The van der Waals surface area contributed by atoms with Crippen molar-refractivity contribution in [2.24, 2.45) is 0 Å². The number of rotatable bonds is 1. The van der Waals surface area contributed by atoms with Gasteiger partial charge in [0.25, 0.3) is 5.91 Å². The molecule has 1 aromatic heterocycles. The Hall–Kier alpha value is -1.52. The number of benzene rings is 1. The number of carbonyl (C=O) groups is 1. The molecule has 0 N–H and O–H groups in total. The molecule has 0 saturated carbocycles. The minimum absolute atomic E-state index is 0.0462. The monoisotopic (exact) mass is 363 g/mol. The highest BCUT2D eigenvalue weighted by molar-refractivity contribution is 6.35. The van der Waals surface area contributed by atoms with Crippen molar-refractivity contribution in [1.82, 2.24) is 14.5 Å². The van der Waals surface area contributed by atoms with Crippen LogP contribution in [0.4, 0.5) is 0 Å². The molecule has 0 spiro atoms. The standard InChI is InChI=1S/C18H19Cl2N3O/c1-11-14-8-12(19)9-15(20)13(14)5-7-22(11)18(24)16-10-21-17-4-2-3-6-23(16)17/h8-11H,2-7H2,1H3/t11-/m1/s1. The van der Waals surface area contributed by atoms with Gasteiger partial charge in [-0.15, -0.1) is 0 Å². The maximum atomic E-state index is 13.1. The number of halogens is 2. The van der Waals surface area contributed by atoms with E-state index in [1.807, 2.05) is 17.9 Å². The van der Waals surface area contributed by atoms with Crippen molar-refractivity contribution < 1.29 is 4.79 Å². The summed E-state index contributed by atoms with van der Waals surface area (Å²) in [6, 6.07) is 3.66. The molecule has 1 aromatic carbocycles. The van der Waals surface area contributed by atoms with Crippen LogP contribution in [0.1, 0.15) is 53.2 Å². The van der Waals surface area contributed by atoms with Crippen LogP contribution in [-0.2, 0) is 19.4 Å². The summed E-state index contributed by atoms with van der Waals surface area (Å²) in [7, 11) is 0. The Bertz CT molecular complexity index is 815. The second-order valence-corrected chi connectivity index (χ2v) is 7.39. The second-order valence-electron chi connectivity index (χ2n) is 6.55. The number of hydrogen-bond donors (Lipinski definition) is 0. The van der Waals surface area contributed by atoms with Crippen molar-refractivity contribution in [2.75, 3.05) is 6.54 Å². The van der Waals surface area contributed by atoms with Crippen LogP contribution in [0.15, 0.2) is 18.3 Å². The number of amides is 1. The maximum Gasteiger partial charge on any atom is 0.272 e. The van der Waals surface area contributed by atoms with Gasteiger partial charge in [0.1, 0.15) is 11.5 Å². The lowest BCUT2D eigenvalue weighted by atomic mass is 9.93. The van der Waals surface area contributed by atoms with E-state index in [-0.39, 0.29) is 11.9 Å². The van der Waals surface area contributed by atoms with Gasteiger partial charge < -0.3 is 9.47 Å². The minimum Gasteiger partial charge on any atom is -0.330 e. The molecule has 1 atom stereocenters. The van der Waals surface area contributed by atoms with E-state index in [0.717, 1.165) is 49.2 Å². The van der Waals surface area contributed by atoms with E-state index in [1.165, 1.54) is 0 Å². The fourth-order valence-corrected chi connectivity index (χ4v) is 4.47. The Kier molecular flexibility index (Phi) is 4.05. The Balaban J connectivity index is 1.68. The van der Waals surface area contributed by atoms with Crippen molar-refractivity contribution in [3.63, 3.8) is 0 Å². The first-order valence-electron chi connectivity index (χ1n) is 8.39. The fraction of sp³-hybridized carbons (Fsp3) is 0.444. The number of aromatic nitrogens is 2. The van der Waals surface area contributed by atoms with Gasteiger partial charge in [0.05, 0.1) is 12.2 Å². The molecule has 1 amide bonds. The molecule has 3 heterocycles. The van der Waals surface area contributed by atoms with Crippen LogP contribution in [0, 0.1) is 0 Å². The van der Waals surface area contributed by atoms with E-state index < -0.39 is 0 Å². The molecule has 0 bridgehead atoms. The normalized spacial score (nSPS) is 19.8. The van der Waals surface area contributed by atoms with E-state index in [2.05, 4.69) is 9.55 Å². The predicted molar refractivity (Wildman–Crippen MR) is 94.8 cm³/mol. The SMILES string of the molecule is C[C@@H]1c2cc(Cl)cc(Cl)c2CCN1C(=O)c1cnc2n1CCCC2. The molecule has 0 fully saturated rings. The molecule has 4 nitrogen and oxygen atoms in total. The first kappa shape index (κ1) is 16.0. The summed E-state index contributed by atoms with van der Waals surface area (Å²) in [4.78, 5) is 19.5. The fourth-order valence-electron chi connectivity index (χ4n) is 3.87. The molecule has 6 heteroatoms. The third-order valence-corrected chi connectivity index (χ3v) is 5.72. The Morgan fingerprint density at radius 1 is 1.21 bits per heavy atom. The van der Waals surface area contributed by atoms with E-state index in [4.69, 9.17) is 23.2 Å². The Morgan fingerprint density at radius 2 is 2.04 bits per heavy atom. The molecule has 2 aliphatic rings. The summed E-state index contributed by atoms with van der Waals surface area (Å²) < 4.78 is 2.08. The molecular formula is C18H19Cl2N3O. The van der Waals surface area contributed by atoms with Gasteiger partial charge >= 0.3 is 0 Å². The number of nitrogens with zero attached hydrogens (tertiary/aromatic N) is 3. The van der Waals surface area contributed by atoms with Gasteiger partial charge in [0, 0.05) is 29.6 Å². The second kappa shape index (κ2) is 6.08. The van der Waals surface area contributed by atoms with Gasteiger partial charge in [0.2, 0.25) is 0 Å². The molecular weight excluding hydrogens is 345 g/mol. The average molecular weight is 364 g/mol. The molecule has 2 aliphatic heterocycles. The molecule has 2 aromatic rings. The van der Waals surface area contributed by atoms with Gasteiger partial charge in [-0.1, -0.05) is 23.2 Å². The smallest absolute Gasteiger partial charge is 0.272 e. The highest BCUT2D eigenvalue weighted by Gasteiger charge is 2.32. The van der Waals surface area contributed by atoms with E-state index >= 15 is 0 Å². The van der Waals surface area contributed by atoms with Crippen LogP contribution >= 0.6 is 23.2 Å². The lowest BCUT2D eigenvalue weighted by Gasteiger charge is -2.36. The number of aryl methyl sites for hydroxylation is 1. The topological polar surface area (TPSA) is 38.1 Å². The number of hydrogen-bond acceptors (Lipinski definition) is 2. The third kappa shape index (κ3) is 2.52. The van der Waals surface area contributed by atoms with Crippen molar-refractivity contribution in [2.45, 2.75) is 45.2 Å². The largest absolute Gasteiger partial charge is 0.330 e. The predicted octanol–water partition coefficient (Wildman–Crippen LogP) is 4.29. The summed E-state index contributed by atoms with van der Waals surface area (Å²) in [5.41, 5.74) is 2.85. The lowest BCUT2D eigenvalue weighted by molar-refractivity contribution is 0.0665. The first-order chi connectivity index (χ1) is 11.6. The van der Waals surface area contributed by atoms with Gasteiger partial charge in [0.15, 0.2) is 0 Å². The third-order valence-electron chi connectivity index (χ3n) is 5.17. The van der Waals surface area contributed by atoms with Gasteiger partial charge in [-0.2, -0.15) is 0 Å². The summed E-state index contributed by atoms with van der Waals surface area (Å²) in [6.07, 6.45) is 5.69. The van der Waals surface area contributed by atoms with Gasteiger partial charge in [-0.3, -0.25) is 4.79 Å². The quantitative estimate of drug-likeness (QED) is 0.757. The van der Waals surface area contributed by atoms with Gasteiger partial charge in [-0.25, -0.2) is 4.98 Å². The van der Waals surface area contributed by atoms with Crippen LogP contribution in [0.5, 0.6) is 0 Å². The van der Waals surface area contributed by atoms with E-state index in [0.29, 0.717) is 22.3 Å². The van der Waals surface area contributed by atoms with E-state index in [1.54, 1.807) is 12.3 Å². The number of imidazole rings is 1. The molecule has 126 valence electrons. The van der Waals surface area contributed by atoms with Crippen molar-refractivity contribution in [3.05, 3.63) is 51.0 Å². The van der Waals surface area contributed by atoms with Crippen LogP contribution in [-0.4, -0.2) is 26.9 Å². The van der Waals surface area contributed by atoms with Crippen LogP contribution in [0.3, 0.4) is 0 Å². The summed E-state index contributed by atoms with van der Waals surface area (Å²) >= 11 is 12.5. The average Bonchev–Trinajstić information content (AvgIpc) is 2.99. The zero-order valence-electron chi connectivity index (χ0n) is 13.6. The molecule has 4 rings (SSSR count). The zero-order valence-corrected chi connectivity index (χ0v) is 15.1. The van der Waals surface area contributed by atoms with Gasteiger partial charge in [-0.05, 0) is 49.4 Å². The Morgan fingerprint density at radius 3 is 2.88 bits per heavy atom. The highest BCUT2D eigenvalue weighted by Crippen LogP contribution is 2.36. The van der Waals surface area contributed by atoms with Crippen molar-refractivity contribution >= 4 is 29.1 Å². The molecule has 0 saturated heterocycles.